The summed E-state index contributed by atoms with van der Waals surface area (Å²) in [6.07, 6.45) is 0. The first-order chi connectivity index (χ1) is 1.00. The van der Waals surface area contributed by atoms with Crippen LogP contribution in [0.4, 0.5) is 0 Å². The molecule has 7 heavy (non-hydrogen) atoms. The first kappa shape index (κ1) is 77.8. The second-order valence-corrected chi connectivity index (χ2v) is 0. The van der Waals surface area contributed by atoms with Crippen molar-refractivity contribution in [3.8, 4) is 0 Å². The number of rotatable bonds is 0. The molecule has 0 aliphatic heterocycles. The van der Waals surface area contributed by atoms with Crippen molar-refractivity contribution in [1.82, 2.24) is 0 Å². The number of hydrogen-bond donors (Lipinski definition) is 0. The highest BCUT2D eigenvalue weighted by atomic mass is 128. The van der Waals surface area contributed by atoms with Gasteiger partial charge in [0.15, 0.2) is 0 Å². The van der Waals surface area contributed by atoms with Crippen molar-refractivity contribution in [3.63, 3.8) is 0 Å². The van der Waals surface area contributed by atoms with Gasteiger partial charge in [0, 0.05) is 37.2 Å². The zero-order valence-electron chi connectivity index (χ0n) is 0.756. The van der Waals surface area contributed by atoms with Gasteiger partial charge in [-0.05, 0) is 0 Å². The fourth-order valence-electron chi connectivity index (χ4n) is 0. The lowest BCUT2D eigenvalue weighted by atomic mass is 12.0. The summed E-state index contributed by atoms with van der Waals surface area (Å²) in [6.45, 7) is 0. The Hall–Kier alpha value is 1.46. The normalized spacial score (nSPS) is 0.857. The van der Waals surface area contributed by atoms with Gasteiger partial charge in [-0.15, -0.1) is 0 Å². The molecule has 0 amide bonds. The number of hydrogen-bond acceptors (Lipinski definition) is 0. The molecule has 0 aromatic rings. The Balaban J connectivity index is -0.000000000500. The van der Waals surface area contributed by atoms with Gasteiger partial charge in [-0.1, -0.05) is 37.1 Å². The molecule has 0 rings (SSSR count). The summed E-state index contributed by atoms with van der Waals surface area (Å²) in [5, 5.41) is 0. The van der Waals surface area contributed by atoms with Gasteiger partial charge < -0.3 is 0 Å². The van der Waals surface area contributed by atoms with E-state index in [0.29, 0.717) is 0 Å². The highest BCUT2D eigenvalue weighted by Gasteiger charge is 1.00. The molecule has 0 saturated heterocycles. The van der Waals surface area contributed by atoms with Crippen molar-refractivity contribution in [2.45, 2.75) is 37.1 Å². The summed E-state index contributed by atoms with van der Waals surface area (Å²) in [5.41, 5.74) is 0. The summed E-state index contributed by atoms with van der Waals surface area (Å²) in [7, 11) is 0. The van der Waals surface area contributed by atoms with E-state index in [1.165, 1.54) is 0 Å². The molecule has 0 heterocycles. The molecule has 0 aromatic carbocycles. The molecule has 0 N–H and O–H groups in total. The van der Waals surface area contributed by atoms with Crippen LogP contribution in [-0.4, -0.2) is 0 Å². The second kappa shape index (κ2) is 146. The van der Waals surface area contributed by atoms with Crippen LogP contribution in [0.2, 0.25) is 0 Å². The molecule has 0 spiro atoms. The molecule has 2 heteroatoms. The van der Waals surface area contributed by atoms with Crippen molar-refractivity contribution in [2.75, 3.05) is 0 Å². The highest BCUT2D eigenvalue weighted by Crippen LogP contribution is 1.89. The molecular weight excluding hydrogens is 314 g/mol. The average molecular weight is 334 g/mol. The maximum absolute atomic E-state index is 2.12. The van der Waals surface area contributed by atoms with Crippen LogP contribution >= 0.6 is 37.2 Å². The molecule has 0 bridgehead atoms. The number of halogens is 2. The van der Waals surface area contributed by atoms with Gasteiger partial charge in [-0.25, -0.2) is 0 Å². The highest BCUT2D eigenvalue weighted by molar-refractivity contribution is 15.0. The van der Waals surface area contributed by atoms with Crippen molar-refractivity contribution in [1.29, 1.82) is 0 Å². The summed E-state index contributed by atoms with van der Waals surface area (Å²) < 4.78 is 0. The largest absolute Gasteiger partial charge is 0.0776 e. The van der Waals surface area contributed by atoms with Crippen LogP contribution in [0, 0.1) is 0 Å². The average Bonchev–Trinajstić information content (AvgIpc) is 1.00. The summed E-state index contributed by atoms with van der Waals surface area (Å²) in [6, 6.07) is 0. The first-order valence-electron chi connectivity index (χ1n) is 0.143. The van der Waals surface area contributed by atoms with Gasteiger partial charge >= 0.3 is 0 Å². The summed E-state index contributed by atoms with van der Waals surface area (Å²) in [4.78, 5) is 0. The Morgan fingerprint density at radius 2 is 0.429 bits per heavy atom. The minimum atomic E-state index is 0. The molecule has 0 unspecified atom stereocenters. The minimum absolute atomic E-state index is 0. The van der Waals surface area contributed by atoms with Gasteiger partial charge in [-0.3, -0.25) is 0 Å². The van der Waals surface area contributed by atoms with Crippen molar-refractivity contribution >= 4 is 37.2 Å². The quantitative estimate of drug-likeness (QED) is 0.550. The van der Waals surface area contributed by atoms with E-state index in [0.717, 1.165) is 0 Å². The third-order valence-corrected chi connectivity index (χ3v) is 0. The van der Waals surface area contributed by atoms with E-state index >= 15 is 0 Å². The standard InChI is InChI=1S/5CH4.I2/c;;;;;1-2/h5*1H4;. The summed E-state index contributed by atoms with van der Waals surface area (Å²) in [5.74, 6) is 0. The van der Waals surface area contributed by atoms with Gasteiger partial charge in [0.2, 0.25) is 0 Å². The molecule has 54 valence electrons. The van der Waals surface area contributed by atoms with Crippen LogP contribution < -0.4 is 0 Å². The molecular formula is C5H20I2. The Morgan fingerprint density at radius 1 is 0.429 bits per heavy atom. The molecule has 0 aromatic heterocycles. The summed E-state index contributed by atoms with van der Waals surface area (Å²) >= 11 is 4.24. The lowest BCUT2D eigenvalue weighted by molar-refractivity contribution is 2.50. The first-order valence-corrected chi connectivity index (χ1v) is 6.43. The van der Waals surface area contributed by atoms with E-state index in [1.807, 2.05) is 0 Å². The second-order valence-electron chi connectivity index (χ2n) is 0. The molecule has 0 radical (unpaired) electrons. The van der Waals surface area contributed by atoms with Crippen LogP contribution in [0.15, 0.2) is 0 Å². The van der Waals surface area contributed by atoms with Crippen LogP contribution in [0.3, 0.4) is 0 Å². The van der Waals surface area contributed by atoms with Gasteiger partial charge in [0.25, 0.3) is 0 Å². The van der Waals surface area contributed by atoms with Crippen LogP contribution in [0.5, 0.6) is 0 Å². The molecule has 0 fully saturated rings. The van der Waals surface area contributed by atoms with Gasteiger partial charge in [-0.2, -0.15) is 0 Å². The van der Waals surface area contributed by atoms with E-state index < -0.39 is 0 Å². The predicted octanol–water partition coefficient (Wildman–Crippen LogP) is 4.95. The fraction of sp³-hybridized carbons (Fsp3) is 1.00. The smallest absolute Gasteiger partial charge is 0 e. The third kappa shape index (κ3) is 104. The Kier molecular flexibility index (Phi) is 1620. The van der Waals surface area contributed by atoms with Crippen molar-refractivity contribution < 1.29 is 0 Å². The van der Waals surface area contributed by atoms with E-state index in [4.69, 9.17) is 0 Å². The lowest BCUT2D eigenvalue weighted by Crippen LogP contribution is -0.114. The van der Waals surface area contributed by atoms with E-state index in [9.17, 15) is 0 Å². The minimum Gasteiger partial charge on any atom is -0.0776 e. The van der Waals surface area contributed by atoms with Gasteiger partial charge in [0.1, 0.15) is 0 Å². The zero-order chi connectivity index (χ0) is 2.00. The molecule has 0 saturated carbocycles. The van der Waals surface area contributed by atoms with Crippen LogP contribution in [0.1, 0.15) is 37.1 Å². The molecule has 0 aliphatic rings. The zero-order valence-corrected chi connectivity index (χ0v) is 5.07. The Labute approximate surface area is 73.8 Å². The Morgan fingerprint density at radius 3 is 0.429 bits per heavy atom. The maximum atomic E-state index is 2.12. The van der Waals surface area contributed by atoms with Crippen LogP contribution in [0.25, 0.3) is 0 Å². The molecule has 0 nitrogen and oxygen atoms in total. The van der Waals surface area contributed by atoms with Crippen molar-refractivity contribution in [2.24, 2.45) is 0 Å². The van der Waals surface area contributed by atoms with E-state index in [-0.39, 0.29) is 37.1 Å². The molecule has 0 atom stereocenters. The maximum Gasteiger partial charge on any atom is 0 e. The van der Waals surface area contributed by atoms with E-state index in [2.05, 4.69) is 37.2 Å². The monoisotopic (exact) mass is 334 g/mol. The van der Waals surface area contributed by atoms with Gasteiger partial charge in [0.05, 0.1) is 0 Å². The third-order valence-electron chi connectivity index (χ3n) is 0. The van der Waals surface area contributed by atoms with Crippen molar-refractivity contribution in [3.05, 3.63) is 0 Å². The predicted molar refractivity (Wildman–Crippen MR) is 61.7 cm³/mol. The Bertz CT molecular complexity index is 6.04. The lowest BCUT2D eigenvalue weighted by Gasteiger charge is -1.00. The van der Waals surface area contributed by atoms with E-state index in [1.54, 1.807) is 0 Å². The van der Waals surface area contributed by atoms with Crippen LogP contribution in [-0.2, 0) is 0 Å². The topological polar surface area (TPSA) is 0 Å². The molecule has 0 aliphatic carbocycles. The SMILES string of the molecule is C.C.C.C.C.II. The fourth-order valence-corrected chi connectivity index (χ4v) is 0.